The van der Waals surface area contributed by atoms with E-state index in [9.17, 15) is 0 Å². The van der Waals surface area contributed by atoms with E-state index < -0.39 is 0 Å². The molecule has 4 rings (SSSR count). The fourth-order valence-corrected chi connectivity index (χ4v) is 4.59. The number of hydrogen-bond acceptors (Lipinski definition) is 2. The Morgan fingerprint density at radius 1 is 1.21 bits per heavy atom. The lowest BCUT2D eigenvalue weighted by Gasteiger charge is -2.33. The highest BCUT2D eigenvalue weighted by Crippen LogP contribution is 2.39. The van der Waals surface area contributed by atoms with Gasteiger partial charge >= 0.3 is 0 Å². The maximum absolute atomic E-state index is 6.35. The number of hydrogen-bond donors (Lipinski definition) is 0. The van der Waals surface area contributed by atoms with Crippen molar-refractivity contribution in [3.63, 3.8) is 0 Å². The van der Waals surface area contributed by atoms with Crippen molar-refractivity contribution < 1.29 is 4.74 Å². The number of benzene rings is 2. The molecule has 3 nitrogen and oxygen atoms in total. The van der Waals surface area contributed by atoms with Gasteiger partial charge in [-0.1, -0.05) is 30.7 Å². The van der Waals surface area contributed by atoms with Crippen molar-refractivity contribution in [3.8, 4) is 5.75 Å². The number of halogens is 1. The van der Waals surface area contributed by atoms with Gasteiger partial charge in [-0.3, -0.25) is 4.90 Å². The molecule has 28 heavy (non-hydrogen) atoms. The smallest absolute Gasteiger partial charge is 0.118 e. The van der Waals surface area contributed by atoms with E-state index in [2.05, 4.69) is 60.8 Å². The van der Waals surface area contributed by atoms with Crippen LogP contribution in [0.2, 0.25) is 5.02 Å². The standard InChI is InChI=1S/C24H27ClN2O/c1-5-22-24-20(12-13-26(22)3)21-14-18(25)8-11-23(21)27(24)15-16(2)17-6-9-19(28-4)10-7-17/h6-11,14-15,22H,5,12-13H2,1-4H3. The van der Waals surface area contributed by atoms with Gasteiger partial charge in [-0.05, 0) is 73.8 Å². The molecule has 0 bridgehead atoms. The number of likely N-dealkylation sites (N-methyl/N-ethyl adjacent to an activating group) is 1. The van der Waals surface area contributed by atoms with Gasteiger partial charge in [0.05, 0.1) is 18.7 Å². The molecule has 0 N–H and O–H groups in total. The second-order valence-electron chi connectivity index (χ2n) is 7.59. The van der Waals surface area contributed by atoms with Crippen LogP contribution in [0.4, 0.5) is 0 Å². The number of allylic oxidation sites excluding steroid dienone is 1. The summed E-state index contributed by atoms with van der Waals surface area (Å²) in [5, 5.41) is 2.09. The Morgan fingerprint density at radius 3 is 2.64 bits per heavy atom. The average Bonchev–Trinajstić information content (AvgIpc) is 3.01. The van der Waals surface area contributed by atoms with Crippen molar-refractivity contribution in [2.24, 2.45) is 0 Å². The van der Waals surface area contributed by atoms with Crippen LogP contribution in [0, 0.1) is 0 Å². The Kier molecular flexibility index (Phi) is 5.22. The van der Waals surface area contributed by atoms with Crippen LogP contribution in [-0.2, 0) is 6.42 Å². The molecule has 3 aromatic rings. The second-order valence-corrected chi connectivity index (χ2v) is 8.03. The molecule has 1 atom stereocenters. The first kappa shape index (κ1) is 19.1. The quantitative estimate of drug-likeness (QED) is 0.519. The molecule has 0 fully saturated rings. The minimum atomic E-state index is 0.412. The normalized spacial score (nSPS) is 17.8. The summed E-state index contributed by atoms with van der Waals surface area (Å²) in [7, 11) is 3.93. The molecule has 0 amide bonds. The molecule has 1 aliphatic rings. The molecule has 1 unspecified atom stereocenters. The predicted molar refractivity (Wildman–Crippen MR) is 119 cm³/mol. The summed E-state index contributed by atoms with van der Waals surface area (Å²) in [5.74, 6) is 0.877. The molecule has 2 aromatic carbocycles. The maximum Gasteiger partial charge on any atom is 0.118 e. The molecule has 0 radical (unpaired) electrons. The molecule has 2 heterocycles. The summed E-state index contributed by atoms with van der Waals surface area (Å²) in [6.45, 7) is 5.52. The van der Waals surface area contributed by atoms with Crippen LogP contribution in [0.3, 0.4) is 0 Å². The van der Waals surface area contributed by atoms with E-state index in [0.29, 0.717) is 6.04 Å². The van der Waals surface area contributed by atoms with E-state index in [1.807, 2.05) is 18.2 Å². The topological polar surface area (TPSA) is 17.4 Å². The van der Waals surface area contributed by atoms with Gasteiger partial charge in [-0.15, -0.1) is 0 Å². The van der Waals surface area contributed by atoms with Crippen LogP contribution in [-0.4, -0.2) is 30.2 Å². The molecule has 0 spiro atoms. The Balaban J connectivity index is 1.91. The van der Waals surface area contributed by atoms with Gasteiger partial charge in [0, 0.05) is 28.8 Å². The van der Waals surface area contributed by atoms with Crippen molar-refractivity contribution in [2.75, 3.05) is 20.7 Å². The minimum absolute atomic E-state index is 0.412. The first-order chi connectivity index (χ1) is 13.5. The molecule has 4 heteroatoms. The van der Waals surface area contributed by atoms with Gasteiger partial charge in [0.2, 0.25) is 0 Å². The van der Waals surface area contributed by atoms with Crippen molar-refractivity contribution in [1.82, 2.24) is 9.47 Å². The van der Waals surface area contributed by atoms with Crippen molar-refractivity contribution >= 4 is 34.3 Å². The summed E-state index contributed by atoms with van der Waals surface area (Å²) in [6, 6.07) is 14.9. The van der Waals surface area contributed by atoms with Gasteiger partial charge in [0.15, 0.2) is 0 Å². The SMILES string of the molecule is CCC1c2c(c3cc(Cl)ccc3n2C=C(C)c2ccc(OC)cc2)CCN1C. The number of ether oxygens (including phenoxy) is 1. The minimum Gasteiger partial charge on any atom is -0.497 e. The Hall–Kier alpha value is -2.23. The lowest BCUT2D eigenvalue weighted by atomic mass is 9.96. The fourth-order valence-electron chi connectivity index (χ4n) is 4.42. The van der Waals surface area contributed by atoms with Crippen LogP contribution in [0.15, 0.2) is 42.5 Å². The number of rotatable bonds is 4. The highest BCUT2D eigenvalue weighted by Gasteiger charge is 2.29. The van der Waals surface area contributed by atoms with Gasteiger partial charge in [-0.25, -0.2) is 0 Å². The zero-order chi connectivity index (χ0) is 19.8. The van der Waals surface area contributed by atoms with E-state index in [-0.39, 0.29) is 0 Å². The van der Waals surface area contributed by atoms with E-state index >= 15 is 0 Å². The highest BCUT2D eigenvalue weighted by atomic mass is 35.5. The van der Waals surface area contributed by atoms with Gasteiger partial charge < -0.3 is 9.30 Å². The van der Waals surface area contributed by atoms with Crippen LogP contribution in [0.5, 0.6) is 5.75 Å². The number of nitrogens with zero attached hydrogens (tertiary/aromatic N) is 2. The van der Waals surface area contributed by atoms with E-state index in [1.165, 1.54) is 33.3 Å². The molecule has 0 aliphatic carbocycles. The molecule has 0 saturated heterocycles. The molecule has 1 aliphatic heterocycles. The summed E-state index contributed by atoms with van der Waals surface area (Å²) in [6.07, 6.45) is 4.42. The van der Waals surface area contributed by atoms with Gasteiger partial charge in [0.1, 0.15) is 5.75 Å². The third-order valence-corrected chi connectivity index (χ3v) is 6.16. The van der Waals surface area contributed by atoms with Crippen molar-refractivity contribution in [2.45, 2.75) is 32.7 Å². The summed E-state index contributed by atoms with van der Waals surface area (Å²) < 4.78 is 7.69. The zero-order valence-corrected chi connectivity index (χ0v) is 17.8. The lowest BCUT2D eigenvalue weighted by Crippen LogP contribution is -2.32. The summed E-state index contributed by atoms with van der Waals surface area (Å²) in [5.41, 5.74) is 6.50. The maximum atomic E-state index is 6.35. The summed E-state index contributed by atoms with van der Waals surface area (Å²) in [4.78, 5) is 2.47. The van der Waals surface area contributed by atoms with Crippen LogP contribution in [0.25, 0.3) is 22.7 Å². The predicted octanol–water partition coefficient (Wildman–Crippen LogP) is 6.26. The molecular weight excluding hydrogens is 368 g/mol. The molecular formula is C24H27ClN2O. The third kappa shape index (κ3) is 3.23. The second kappa shape index (κ2) is 7.65. The third-order valence-electron chi connectivity index (χ3n) is 5.93. The molecule has 1 aromatic heterocycles. The zero-order valence-electron chi connectivity index (χ0n) is 17.0. The van der Waals surface area contributed by atoms with Crippen LogP contribution in [0.1, 0.15) is 43.1 Å². The van der Waals surface area contributed by atoms with E-state index in [4.69, 9.17) is 16.3 Å². The van der Waals surface area contributed by atoms with Crippen LogP contribution >= 0.6 is 11.6 Å². The Bertz CT molecular complexity index is 1030. The van der Waals surface area contributed by atoms with Gasteiger partial charge in [-0.2, -0.15) is 0 Å². The van der Waals surface area contributed by atoms with E-state index in [1.54, 1.807) is 7.11 Å². The average molecular weight is 395 g/mol. The largest absolute Gasteiger partial charge is 0.497 e. The van der Waals surface area contributed by atoms with Crippen molar-refractivity contribution in [1.29, 1.82) is 0 Å². The van der Waals surface area contributed by atoms with E-state index in [0.717, 1.165) is 30.2 Å². The number of aromatic nitrogens is 1. The first-order valence-corrected chi connectivity index (χ1v) is 10.3. The fraction of sp³-hybridized carbons (Fsp3) is 0.333. The Morgan fingerprint density at radius 2 is 1.96 bits per heavy atom. The Labute approximate surface area is 172 Å². The monoisotopic (exact) mass is 394 g/mol. The highest BCUT2D eigenvalue weighted by molar-refractivity contribution is 6.31. The molecule has 0 saturated carbocycles. The van der Waals surface area contributed by atoms with Crippen LogP contribution < -0.4 is 4.74 Å². The summed E-state index contributed by atoms with van der Waals surface area (Å²) >= 11 is 6.35. The number of methoxy groups -OCH3 is 1. The molecule has 146 valence electrons. The number of fused-ring (bicyclic) bond motifs is 3. The first-order valence-electron chi connectivity index (χ1n) is 9.88. The lowest BCUT2D eigenvalue weighted by molar-refractivity contribution is 0.220. The van der Waals surface area contributed by atoms with Gasteiger partial charge in [0.25, 0.3) is 0 Å². The van der Waals surface area contributed by atoms with Crippen molar-refractivity contribution in [3.05, 3.63) is 64.3 Å².